The minimum Gasteiger partial charge on any atom is -0.323 e. The number of hydrogen-bond acceptors (Lipinski definition) is 3. The Kier molecular flexibility index (Phi) is 4.52. The molecule has 0 fully saturated rings. The zero-order valence-corrected chi connectivity index (χ0v) is 14.5. The SMILES string of the molecule is C[C@@H]1C(=O)Nc2ccc(Cl)cc2S(=O)(=O)N1Cc1c(F)cccc1F. The highest BCUT2D eigenvalue weighted by Crippen LogP contribution is 2.33. The van der Waals surface area contributed by atoms with Crippen LogP contribution in [0.1, 0.15) is 12.5 Å². The number of carbonyl (C=O) groups is 1. The van der Waals surface area contributed by atoms with Gasteiger partial charge in [0.05, 0.1) is 5.69 Å². The highest BCUT2D eigenvalue weighted by molar-refractivity contribution is 7.89. The zero-order chi connectivity index (χ0) is 18.4. The molecule has 1 aliphatic rings. The van der Waals surface area contributed by atoms with E-state index in [1.165, 1.54) is 31.2 Å². The fourth-order valence-corrected chi connectivity index (χ4v) is 4.55. The van der Waals surface area contributed by atoms with Gasteiger partial charge in [0, 0.05) is 17.1 Å². The Morgan fingerprint density at radius 2 is 1.84 bits per heavy atom. The third-order valence-electron chi connectivity index (χ3n) is 3.98. The molecule has 0 saturated heterocycles. The maximum atomic E-state index is 14.0. The van der Waals surface area contributed by atoms with E-state index in [1.54, 1.807) is 0 Å². The van der Waals surface area contributed by atoms with Crippen molar-refractivity contribution < 1.29 is 22.0 Å². The van der Waals surface area contributed by atoms with Crippen molar-refractivity contribution in [3.05, 3.63) is 58.6 Å². The standard InChI is InChI=1S/C16H13ClF2N2O3S/c1-9-16(22)20-14-6-5-10(17)7-15(14)25(23,24)21(9)8-11-12(18)3-2-4-13(11)19/h2-7,9H,8H2,1H3,(H,20,22)/t9-/m1/s1. The second kappa shape index (κ2) is 6.36. The summed E-state index contributed by atoms with van der Waals surface area (Å²) < 4.78 is 54.7. The lowest BCUT2D eigenvalue weighted by molar-refractivity contribution is -0.119. The fourth-order valence-electron chi connectivity index (χ4n) is 2.58. The molecule has 1 amide bonds. The Balaban J connectivity index is 2.16. The summed E-state index contributed by atoms with van der Waals surface area (Å²) in [4.78, 5) is 12.1. The van der Waals surface area contributed by atoms with E-state index in [0.29, 0.717) is 0 Å². The Morgan fingerprint density at radius 1 is 1.20 bits per heavy atom. The first-order valence-corrected chi connectivity index (χ1v) is 9.09. The van der Waals surface area contributed by atoms with Gasteiger partial charge >= 0.3 is 0 Å². The quantitative estimate of drug-likeness (QED) is 0.862. The molecule has 1 aliphatic heterocycles. The van der Waals surface area contributed by atoms with Crippen molar-refractivity contribution in [2.24, 2.45) is 0 Å². The second-order valence-corrected chi connectivity index (χ2v) is 7.85. The lowest BCUT2D eigenvalue weighted by Gasteiger charge is -2.25. The van der Waals surface area contributed by atoms with Crippen LogP contribution < -0.4 is 5.32 Å². The maximum absolute atomic E-state index is 14.0. The van der Waals surface area contributed by atoms with Gasteiger partial charge in [0.15, 0.2) is 0 Å². The summed E-state index contributed by atoms with van der Waals surface area (Å²) in [6, 6.07) is 6.05. The topological polar surface area (TPSA) is 66.5 Å². The highest BCUT2D eigenvalue weighted by atomic mass is 35.5. The average Bonchev–Trinajstić information content (AvgIpc) is 2.60. The van der Waals surface area contributed by atoms with Crippen LogP contribution >= 0.6 is 11.6 Å². The van der Waals surface area contributed by atoms with E-state index in [9.17, 15) is 22.0 Å². The first-order valence-electron chi connectivity index (χ1n) is 7.27. The molecule has 0 radical (unpaired) electrons. The summed E-state index contributed by atoms with van der Waals surface area (Å²) in [5.74, 6) is -2.39. The molecule has 0 bridgehead atoms. The van der Waals surface area contributed by atoms with E-state index in [-0.39, 0.29) is 15.6 Å². The van der Waals surface area contributed by atoms with Crippen LogP contribution in [0, 0.1) is 11.6 Å². The number of rotatable bonds is 2. The summed E-state index contributed by atoms with van der Waals surface area (Å²) in [7, 11) is -4.22. The van der Waals surface area contributed by atoms with Gasteiger partial charge in [0.25, 0.3) is 0 Å². The van der Waals surface area contributed by atoms with Gasteiger partial charge in [-0.3, -0.25) is 4.79 Å². The van der Waals surface area contributed by atoms with Crippen molar-refractivity contribution in [3.63, 3.8) is 0 Å². The number of nitrogens with one attached hydrogen (secondary N) is 1. The van der Waals surface area contributed by atoms with Crippen LogP contribution in [0.25, 0.3) is 0 Å². The van der Waals surface area contributed by atoms with Gasteiger partial charge < -0.3 is 5.32 Å². The Morgan fingerprint density at radius 3 is 2.48 bits per heavy atom. The number of nitrogens with zero attached hydrogens (tertiary/aromatic N) is 1. The highest BCUT2D eigenvalue weighted by Gasteiger charge is 2.39. The zero-order valence-electron chi connectivity index (χ0n) is 13.0. The smallest absolute Gasteiger partial charge is 0.246 e. The predicted molar refractivity (Wildman–Crippen MR) is 88.6 cm³/mol. The minimum atomic E-state index is -4.22. The average molecular weight is 387 g/mol. The van der Waals surface area contributed by atoms with Crippen molar-refractivity contribution >= 4 is 33.2 Å². The first-order chi connectivity index (χ1) is 11.7. The maximum Gasteiger partial charge on any atom is 0.246 e. The summed E-state index contributed by atoms with van der Waals surface area (Å²) in [6.45, 7) is 0.723. The van der Waals surface area contributed by atoms with E-state index in [0.717, 1.165) is 16.4 Å². The molecule has 0 saturated carbocycles. The Labute approximate surface area is 148 Å². The molecule has 132 valence electrons. The van der Waals surface area contributed by atoms with Gasteiger partial charge in [0.2, 0.25) is 15.9 Å². The molecule has 9 heteroatoms. The molecule has 0 aliphatic carbocycles. The number of carbonyl (C=O) groups excluding carboxylic acids is 1. The van der Waals surface area contributed by atoms with Gasteiger partial charge in [-0.15, -0.1) is 0 Å². The lowest BCUT2D eigenvalue weighted by atomic mass is 10.2. The summed E-state index contributed by atoms with van der Waals surface area (Å²) in [6.07, 6.45) is 0. The molecule has 25 heavy (non-hydrogen) atoms. The normalized spacial score (nSPS) is 19.8. The lowest BCUT2D eigenvalue weighted by Crippen LogP contribution is -2.43. The molecule has 3 rings (SSSR count). The predicted octanol–water partition coefficient (Wildman–Crippen LogP) is 3.15. The molecule has 2 aromatic carbocycles. The van der Waals surface area contributed by atoms with Crippen LogP contribution in [-0.2, 0) is 21.4 Å². The molecule has 1 N–H and O–H groups in total. The van der Waals surface area contributed by atoms with E-state index < -0.39 is 45.7 Å². The minimum absolute atomic E-state index is 0.0674. The number of sulfonamides is 1. The van der Waals surface area contributed by atoms with Crippen molar-refractivity contribution in [2.45, 2.75) is 24.4 Å². The number of amides is 1. The van der Waals surface area contributed by atoms with E-state index in [4.69, 9.17) is 11.6 Å². The number of fused-ring (bicyclic) bond motifs is 1. The van der Waals surface area contributed by atoms with Crippen molar-refractivity contribution in [1.29, 1.82) is 0 Å². The van der Waals surface area contributed by atoms with E-state index >= 15 is 0 Å². The number of anilines is 1. The molecular weight excluding hydrogens is 374 g/mol. The van der Waals surface area contributed by atoms with Gasteiger partial charge in [-0.1, -0.05) is 17.7 Å². The molecule has 2 aromatic rings. The number of hydrogen-bond donors (Lipinski definition) is 1. The first kappa shape index (κ1) is 17.8. The summed E-state index contributed by atoms with van der Waals surface area (Å²) >= 11 is 5.87. The Hall–Kier alpha value is -2.03. The van der Waals surface area contributed by atoms with Gasteiger partial charge in [0.1, 0.15) is 22.6 Å². The van der Waals surface area contributed by atoms with Crippen LogP contribution in [-0.4, -0.2) is 24.7 Å². The molecule has 0 unspecified atom stereocenters. The van der Waals surface area contributed by atoms with E-state index in [2.05, 4.69) is 5.32 Å². The second-order valence-electron chi connectivity index (χ2n) is 5.56. The molecular formula is C16H13ClF2N2O3S. The molecule has 5 nitrogen and oxygen atoms in total. The number of halogens is 3. The van der Waals surface area contributed by atoms with Gasteiger partial charge in [-0.2, -0.15) is 4.31 Å². The van der Waals surface area contributed by atoms with Gasteiger partial charge in [-0.05, 0) is 37.3 Å². The van der Waals surface area contributed by atoms with Crippen LogP contribution in [0.4, 0.5) is 14.5 Å². The summed E-state index contributed by atoms with van der Waals surface area (Å²) in [5.41, 5.74) is -0.367. The van der Waals surface area contributed by atoms with Crippen LogP contribution in [0.3, 0.4) is 0 Å². The van der Waals surface area contributed by atoms with Crippen molar-refractivity contribution in [1.82, 2.24) is 4.31 Å². The summed E-state index contributed by atoms with van der Waals surface area (Å²) in [5, 5.41) is 2.65. The largest absolute Gasteiger partial charge is 0.323 e. The van der Waals surface area contributed by atoms with Crippen LogP contribution in [0.5, 0.6) is 0 Å². The Bertz CT molecular complexity index is 946. The van der Waals surface area contributed by atoms with Crippen molar-refractivity contribution in [2.75, 3.05) is 5.32 Å². The van der Waals surface area contributed by atoms with Crippen LogP contribution in [0.2, 0.25) is 5.02 Å². The fraction of sp³-hybridized carbons (Fsp3) is 0.188. The van der Waals surface area contributed by atoms with Crippen molar-refractivity contribution in [3.8, 4) is 0 Å². The van der Waals surface area contributed by atoms with E-state index in [1.807, 2.05) is 0 Å². The molecule has 1 atom stereocenters. The monoisotopic (exact) mass is 386 g/mol. The third kappa shape index (κ3) is 3.12. The molecule has 0 spiro atoms. The third-order valence-corrected chi connectivity index (χ3v) is 6.17. The number of benzene rings is 2. The molecule has 0 aromatic heterocycles. The molecule has 1 heterocycles. The van der Waals surface area contributed by atoms with Crippen LogP contribution in [0.15, 0.2) is 41.3 Å². The van der Waals surface area contributed by atoms with Gasteiger partial charge in [-0.25, -0.2) is 17.2 Å².